The molecule has 1 atom stereocenters. The van der Waals surface area contributed by atoms with Gasteiger partial charge < -0.3 is 0 Å². The van der Waals surface area contributed by atoms with E-state index >= 15 is 0 Å². The number of halogens is 1. The van der Waals surface area contributed by atoms with Crippen molar-refractivity contribution in [3.63, 3.8) is 0 Å². The Balaban J connectivity index is 0.000000523. The molecule has 0 amide bonds. The molecule has 32 heavy (non-hydrogen) atoms. The second kappa shape index (κ2) is 10.1. The van der Waals surface area contributed by atoms with Gasteiger partial charge in [-0.05, 0) is 28.3 Å². The first-order valence-corrected chi connectivity index (χ1v) is 14.5. The highest BCUT2D eigenvalue weighted by atomic mass is 35.7. The zero-order valence-electron chi connectivity index (χ0n) is 18.3. The van der Waals surface area contributed by atoms with Crippen LogP contribution in [0.1, 0.15) is 16.7 Å². The summed E-state index contributed by atoms with van der Waals surface area (Å²) in [7, 11) is -6.13. The maximum atomic E-state index is 8.49. The highest BCUT2D eigenvalue weighted by Crippen LogP contribution is 2.64. The Hall–Kier alpha value is -2.30. The van der Waals surface area contributed by atoms with Crippen molar-refractivity contribution in [2.75, 3.05) is 20.0 Å². The molecule has 0 aromatic heterocycles. The van der Waals surface area contributed by atoms with Gasteiger partial charge in [0.05, 0.1) is 0 Å². The van der Waals surface area contributed by atoms with Crippen LogP contribution in [0.15, 0.2) is 97.1 Å². The Labute approximate surface area is 192 Å². The predicted octanol–water partition coefficient (Wildman–Crippen LogP) is 2.21. The van der Waals surface area contributed by atoms with Crippen LogP contribution >= 0.6 is 7.26 Å². The molecule has 0 bridgehead atoms. The van der Waals surface area contributed by atoms with Crippen LogP contribution in [0.2, 0.25) is 0 Å². The molecular weight excluding hydrogens is 443 g/mol. The molecule has 0 fully saturated rings. The van der Waals surface area contributed by atoms with E-state index < -0.39 is 17.5 Å². The highest BCUT2D eigenvalue weighted by molar-refractivity contribution is 7.75. The van der Waals surface area contributed by atoms with Crippen molar-refractivity contribution in [1.29, 1.82) is 0 Å². The SMILES string of the molecule is C[P+](C)(C)C1C(c2ccccc2)=CC(c2ccccc2)=C1c1ccccc1.[O-][Cl+3]([O-])([O-])[O-]. The van der Waals surface area contributed by atoms with Crippen LogP contribution in [0.4, 0.5) is 0 Å². The Kier molecular flexibility index (Phi) is 7.68. The average molecular weight is 469 g/mol. The minimum Gasteiger partial charge on any atom is -0.222 e. The van der Waals surface area contributed by atoms with Crippen molar-refractivity contribution in [3.8, 4) is 0 Å². The van der Waals surface area contributed by atoms with Gasteiger partial charge in [-0.15, -0.1) is 10.2 Å². The fourth-order valence-electron chi connectivity index (χ4n) is 4.08. The summed E-state index contributed by atoms with van der Waals surface area (Å²) in [6.07, 6.45) is 2.45. The molecule has 0 saturated carbocycles. The van der Waals surface area contributed by atoms with Gasteiger partial charge in [0.25, 0.3) is 0 Å². The molecule has 0 N–H and O–H groups in total. The first-order valence-electron chi connectivity index (χ1n) is 10.1. The summed E-state index contributed by atoms with van der Waals surface area (Å²) in [5.41, 5.74) is 8.78. The summed E-state index contributed by atoms with van der Waals surface area (Å²) < 4.78 is 34.0. The largest absolute Gasteiger partial charge is 0.222 e. The van der Waals surface area contributed by atoms with Gasteiger partial charge >= 0.3 is 0 Å². The van der Waals surface area contributed by atoms with Gasteiger partial charge in [0.2, 0.25) is 0 Å². The van der Waals surface area contributed by atoms with E-state index in [-0.39, 0.29) is 0 Å². The van der Waals surface area contributed by atoms with E-state index in [4.69, 9.17) is 18.6 Å². The summed E-state index contributed by atoms with van der Waals surface area (Å²) in [6, 6.07) is 32.7. The minimum absolute atomic E-state index is 0.456. The lowest BCUT2D eigenvalue weighted by atomic mass is 9.95. The number of allylic oxidation sites excluding steroid dienone is 4. The molecule has 3 aromatic carbocycles. The zero-order chi connectivity index (χ0) is 23.4. The topological polar surface area (TPSA) is 92.2 Å². The van der Waals surface area contributed by atoms with E-state index in [0.717, 1.165) is 0 Å². The summed E-state index contributed by atoms with van der Waals surface area (Å²) in [6.45, 7) is 7.39. The third kappa shape index (κ3) is 6.36. The Morgan fingerprint density at radius 1 is 0.594 bits per heavy atom. The van der Waals surface area contributed by atoms with E-state index in [1.54, 1.807) is 0 Å². The van der Waals surface area contributed by atoms with Crippen molar-refractivity contribution >= 4 is 24.0 Å². The molecule has 1 aliphatic rings. The first-order chi connectivity index (χ1) is 15.1. The van der Waals surface area contributed by atoms with Crippen LogP contribution in [-0.4, -0.2) is 25.7 Å². The molecule has 1 aliphatic carbocycles. The fraction of sp³-hybridized carbons (Fsp3) is 0.154. The van der Waals surface area contributed by atoms with Gasteiger partial charge in [-0.2, -0.15) is 0 Å². The van der Waals surface area contributed by atoms with Gasteiger partial charge in [0.15, 0.2) is 0 Å². The molecule has 4 rings (SSSR count). The van der Waals surface area contributed by atoms with Crippen molar-refractivity contribution < 1.29 is 28.9 Å². The van der Waals surface area contributed by atoms with Crippen LogP contribution in [0.5, 0.6) is 0 Å². The van der Waals surface area contributed by atoms with Crippen LogP contribution in [-0.2, 0) is 0 Å². The van der Waals surface area contributed by atoms with E-state index in [1.165, 1.54) is 33.4 Å². The first kappa shape index (κ1) is 24.3. The molecule has 1 unspecified atom stereocenters. The molecule has 0 spiro atoms. The van der Waals surface area contributed by atoms with E-state index in [2.05, 4.69) is 117 Å². The molecule has 0 heterocycles. The molecule has 0 saturated heterocycles. The van der Waals surface area contributed by atoms with Crippen LogP contribution in [0.3, 0.4) is 0 Å². The summed E-state index contributed by atoms with van der Waals surface area (Å²) in [5.74, 6) is 0. The van der Waals surface area contributed by atoms with Gasteiger partial charge in [0, 0.05) is 38.4 Å². The summed E-state index contributed by atoms with van der Waals surface area (Å²) >= 11 is 0. The fourth-order valence-corrected chi connectivity index (χ4v) is 6.20. The smallest absolute Gasteiger partial charge is 0.120 e. The van der Waals surface area contributed by atoms with Crippen molar-refractivity contribution in [2.45, 2.75) is 5.66 Å². The normalized spacial score (nSPS) is 16.3. The molecule has 0 radical (unpaired) electrons. The van der Waals surface area contributed by atoms with Gasteiger partial charge in [-0.3, -0.25) is 0 Å². The monoisotopic (exact) mass is 468 g/mol. The number of rotatable bonds is 4. The Morgan fingerprint density at radius 3 is 1.38 bits per heavy atom. The van der Waals surface area contributed by atoms with Crippen molar-refractivity contribution in [3.05, 3.63) is 114 Å². The zero-order valence-corrected chi connectivity index (χ0v) is 19.9. The molecule has 3 aromatic rings. The number of benzene rings is 3. The maximum Gasteiger partial charge on any atom is 0.120 e. The number of hydrogen-bond donors (Lipinski definition) is 0. The number of hydrogen-bond acceptors (Lipinski definition) is 4. The average Bonchev–Trinajstić information content (AvgIpc) is 3.16. The standard InChI is InChI=1S/C26H26P.ClHO4/c1-27(2,3)26-24(21-15-9-5-10-16-21)19-23(20-13-7-4-8-14-20)25(26)22-17-11-6-12-18-22;2-1(3,4)5/h4-19,26H,1-3H3;(H,2,3,4,5)/q+1;/p-1. The second-order valence-electron chi connectivity index (χ2n) is 8.42. The van der Waals surface area contributed by atoms with Gasteiger partial charge in [0.1, 0.15) is 5.66 Å². The quantitative estimate of drug-likeness (QED) is 0.549. The lowest BCUT2D eigenvalue weighted by molar-refractivity contribution is -2.00. The van der Waals surface area contributed by atoms with E-state index in [0.29, 0.717) is 5.66 Å². The van der Waals surface area contributed by atoms with Crippen LogP contribution in [0.25, 0.3) is 16.7 Å². The predicted molar refractivity (Wildman–Crippen MR) is 123 cm³/mol. The molecule has 4 nitrogen and oxygen atoms in total. The van der Waals surface area contributed by atoms with Crippen LogP contribution < -0.4 is 18.6 Å². The third-order valence-electron chi connectivity index (χ3n) is 5.21. The van der Waals surface area contributed by atoms with E-state index in [9.17, 15) is 0 Å². The van der Waals surface area contributed by atoms with E-state index in [1.807, 2.05) is 0 Å². The van der Waals surface area contributed by atoms with Gasteiger partial charge in [-0.1, -0.05) is 91.0 Å². The lowest BCUT2D eigenvalue weighted by Crippen LogP contribution is -2.68. The van der Waals surface area contributed by atoms with Gasteiger partial charge in [-0.25, -0.2) is 18.6 Å². The molecule has 0 aliphatic heterocycles. The second-order valence-corrected chi connectivity index (χ2v) is 13.9. The third-order valence-corrected chi connectivity index (χ3v) is 7.29. The minimum atomic E-state index is -4.94. The maximum absolute atomic E-state index is 8.49. The molecular formula is C26H26ClO4P. The Bertz CT molecular complexity index is 1080. The van der Waals surface area contributed by atoms with Crippen LogP contribution in [0, 0.1) is 10.2 Å². The van der Waals surface area contributed by atoms with Crippen molar-refractivity contribution in [1.82, 2.24) is 0 Å². The molecule has 6 heteroatoms. The molecule has 166 valence electrons. The Morgan fingerprint density at radius 2 is 0.969 bits per heavy atom. The lowest BCUT2D eigenvalue weighted by Gasteiger charge is -2.27. The summed E-state index contributed by atoms with van der Waals surface area (Å²) in [4.78, 5) is 0. The summed E-state index contributed by atoms with van der Waals surface area (Å²) in [5, 5.41) is 0. The highest BCUT2D eigenvalue weighted by Gasteiger charge is 2.43. The van der Waals surface area contributed by atoms with Crippen molar-refractivity contribution in [2.24, 2.45) is 0 Å².